The van der Waals surface area contributed by atoms with Crippen LogP contribution in [0.15, 0.2) is 12.2 Å². The van der Waals surface area contributed by atoms with Crippen LogP contribution in [0.5, 0.6) is 0 Å². The molecule has 0 heterocycles. The van der Waals surface area contributed by atoms with Gasteiger partial charge in [-0.1, -0.05) is 6.58 Å². The van der Waals surface area contributed by atoms with E-state index in [0.717, 1.165) is 6.26 Å². The number of hydrogen-bond acceptors (Lipinski definition) is 4. The molecule has 1 atom stereocenters. The summed E-state index contributed by atoms with van der Waals surface area (Å²) in [6, 6.07) is 0. The van der Waals surface area contributed by atoms with Crippen molar-refractivity contribution in [1.29, 1.82) is 0 Å². The summed E-state index contributed by atoms with van der Waals surface area (Å²) < 4.78 is 21.5. The van der Waals surface area contributed by atoms with Crippen molar-refractivity contribution in [2.45, 2.75) is 13.1 Å². The Kier molecular flexibility index (Phi) is 4.09. The average Bonchev–Trinajstić information content (AvgIpc) is 1.81. The van der Waals surface area contributed by atoms with Crippen LogP contribution in [0, 0.1) is 0 Å². The highest BCUT2D eigenvalue weighted by molar-refractivity contribution is 7.90. The third-order valence-corrected chi connectivity index (χ3v) is 2.15. The van der Waals surface area contributed by atoms with E-state index in [1.165, 1.54) is 6.92 Å². The van der Waals surface area contributed by atoms with Gasteiger partial charge in [-0.2, -0.15) is 0 Å². The number of rotatable bonds is 4. The molecule has 0 aliphatic heterocycles. The Balaban J connectivity index is 4.10. The highest BCUT2D eigenvalue weighted by Gasteiger charge is 2.13. The quantitative estimate of drug-likeness (QED) is 0.456. The zero-order valence-corrected chi connectivity index (χ0v) is 8.52. The molecule has 0 aliphatic rings. The number of nitrogens with two attached hydrogens (primary N) is 1. The van der Waals surface area contributed by atoms with Gasteiger partial charge in [0.2, 0.25) is 5.91 Å². The molecule has 0 radical (unpaired) electrons. The van der Waals surface area contributed by atoms with Crippen LogP contribution in [-0.4, -0.2) is 32.5 Å². The van der Waals surface area contributed by atoms with Crippen molar-refractivity contribution in [3.63, 3.8) is 0 Å². The number of hydrogen-bond donors (Lipinski definition) is 2. The van der Waals surface area contributed by atoms with Crippen LogP contribution in [0.1, 0.15) is 6.92 Å². The van der Waals surface area contributed by atoms with Gasteiger partial charge in [-0.25, -0.2) is 8.42 Å². The lowest BCUT2D eigenvalue weighted by Gasteiger charge is -2.12. The maximum atomic E-state index is 11.0. The second-order valence-electron chi connectivity index (χ2n) is 2.95. The van der Waals surface area contributed by atoms with Crippen LogP contribution in [0.25, 0.3) is 0 Å². The Morgan fingerprint density at radius 1 is 1.62 bits per heavy atom. The van der Waals surface area contributed by atoms with Gasteiger partial charge in [-0.05, 0) is 6.92 Å². The molecule has 0 saturated carbocycles. The van der Waals surface area contributed by atoms with Gasteiger partial charge in [-0.3, -0.25) is 4.79 Å². The minimum Gasteiger partial charge on any atom is -0.336 e. The molecule has 0 aromatic heterocycles. The Labute approximate surface area is 77.9 Å². The first kappa shape index (κ1) is 12.1. The molecule has 13 heavy (non-hydrogen) atoms. The summed E-state index contributed by atoms with van der Waals surface area (Å²) in [4.78, 5) is 11.0. The molecule has 0 saturated heterocycles. The van der Waals surface area contributed by atoms with E-state index in [4.69, 9.17) is 5.73 Å². The summed E-state index contributed by atoms with van der Waals surface area (Å²) >= 11 is 0. The van der Waals surface area contributed by atoms with Gasteiger partial charge < -0.3 is 11.1 Å². The van der Waals surface area contributed by atoms with Crippen molar-refractivity contribution < 1.29 is 13.2 Å². The van der Waals surface area contributed by atoms with E-state index in [0.29, 0.717) is 5.57 Å². The van der Waals surface area contributed by atoms with E-state index in [2.05, 4.69) is 11.9 Å². The van der Waals surface area contributed by atoms with Gasteiger partial charge in [0, 0.05) is 11.8 Å². The predicted octanol–water partition coefficient (Wildman–Crippen LogP) is -0.992. The summed E-state index contributed by atoms with van der Waals surface area (Å²) in [5, 5.41) is 2.30. The zero-order valence-electron chi connectivity index (χ0n) is 7.70. The number of nitrogens with one attached hydrogen (secondary N) is 1. The number of sulfone groups is 1. The Hall–Kier alpha value is -0.880. The van der Waals surface area contributed by atoms with Crippen molar-refractivity contribution in [3.05, 3.63) is 12.2 Å². The normalized spacial score (nSPS) is 13.5. The minimum atomic E-state index is -3.16. The van der Waals surface area contributed by atoms with E-state index in [1.54, 1.807) is 0 Å². The lowest BCUT2D eigenvalue weighted by molar-refractivity contribution is -0.117. The van der Waals surface area contributed by atoms with E-state index in [9.17, 15) is 13.2 Å². The lowest BCUT2D eigenvalue weighted by Crippen LogP contribution is -2.46. The van der Waals surface area contributed by atoms with Gasteiger partial charge in [-0.15, -0.1) is 0 Å². The molecule has 0 bridgehead atoms. The maximum absolute atomic E-state index is 11.0. The largest absolute Gasteiger partial charge is 0.336 e. The van der Waals surface area contributed by atoms with Gasteiger partial charge in [0.1, 0.15) is 0 Å². The van der Waals surface area contributed by atoms with Crippen LogP contribution in [0.2, 0.25) is 0 Å². The highest BCUT2D eigenvalue weighted by atomic mass is 32.2. The van der Waals surface area contributed by atoms with Gasteiger partial charge >= 0.3 is 0 Å². The van der Waals surface area contributed by atoms with Crippen LogP contribution in [0.3, 0.4) is 0 Å². The monoisotopic (exact) mass is 206 g/mol. The van der Waals surface area contributed by atoms with Crippen LogP contribution in [-0.2, 0) is 14.6 Å². The molecular formula is C7H14N2O3S. The summed E-state index contributed by atoms with van der Waals surface area (Å²) in [7, 11) is -3.16. The van der Waals surface area contributed by atoms with Crippen molar-refractivity contribution in [2.24, 2.45) is 5.73 Å². The molecular weight excluding hydrogens is 192 g/mol. The van der Waals surface area contributed by atoms with Crippen molar-refractivity contribution >= 4 is 15.7 Å². The van der Waals surface area contributed by atoms with Gasteiger partial charge in [0.15, 0.2) is 9.84 Å². The third-order valence-electron chi connectivity index (χ3n) is 1.19. The second kappa shape index (κ2) is 4.38. The second-order valence-corrected chi connectivity index (χ2v) is 5.14. The van der Waals surface area contributed by atoms with Crippen molar-refractivity contribution in [3.8, 4) is 0 Å². The van der Waals surface area contributed by atoms with Crippen LogP contribution in [0.4, 0.5) is 0 Å². The molecule has 0 rings (SSSR count). The molecule has 3 N–H and O–H groups in total. The van der Waals surface area contributed by atoms with Gasteiger partial charge in [0.05, 0.1) is 11.9 Å². The van der Waals surface area contributed by atoms with Gasteiger partial charge in [0.25, 0.3) is 0 Å². The fourth-order valence-corrected chi connectivity index (χ4v) is 1.40. The average molecular weight is 206 g/mol. The molecule has 5 nitrogen and oxygen atoms in total. The first-order chi connectivity index (χ1) is 5.72. The van der Waals surface area contributed by atoms with E-state index in [-0.39, 0.29) is 5.75 Å². The van der Waals surface area contributed by atoms with E-state index >= 15 is 0 Å². The minimum absolute atomic E-state index is 0.272. The van der Waals surface area contributed by atoms with Crippen molar-refractivity contribution in [1.82, 2.24) is 5.32 Å². The summed E-state index contributed by atoms with van der Waals surface area (Å²) in [6.07, 6.45) is 0.180. The fraction of sp³-hybridized carbons (Fsp3) is 0.571. The predicted molar refractivity (Wildman–Crippen MR) is 50.6 cm³/mol. The molecule has 0 spiro atoms. The molecule has 0 aliphatic carbocycles. The first-order valence-corrected chi connectivity index (χ1v) is 5.68. The molecule has 6 heteroatoms. The smallest absolute Gasteiger partial charge is 0.247 e. The Bertz CT molecular complexity index is 308. The Morgan fingerprint density at radius 3 is 2.38 bits per heavy atom. The Morgan fingerprint density at radius 2 is 2.08 bits per heavy atom. The molecule has 0 fully saturated rings. The first-order valence-electron chi connectivity index (χ1n) is 3.62. The van der Waals surface area contributed by atoms with Crippen LogP contribution >= 0.6 is 0 Å². The topological polar surface area (TPSA) is 89.3 Å². The fourth-order valence-electron chi connectivity index (χ4n) is 0.659. The molecule has 0 aromatic carbocycles. The zero-order chi connectivity index (χ0) is 10.6. The number of carbonyl (C=O) groups excluding carboxylic acids is 1. The molecule has 0 aromatic rings. The number of amides is 1. The molecule has 1 unspecified atom stereocenters. The third kappa shape index (κ3) is 6.30. The van der Waals surface area contributed by atoms with Crippen LogP contribution < -0.4 is 11.1 Å². The van der Waals surface area contributed by atoms with Crippen molar-refractivity contribution in [2.75, 3.05) is 12.0 Å². The SMILES string of the molecule is C=C(C)C(=O)NC(N)CS(C)(=O)=O. The highest BCUT2D eigenvalue weighted by Crippen LogP contribution is 1.89. The number of carbonyl (C=O) groups is 1. The molecule has 1 amide bonds. The maximum Gasteiger partial charge on any atom is 0.247 e. The lowest BCUT2D eigenvalue weighted by atomic mass is 10.3. The van der Waals surface area contributed by atoms with E-state index in [1.807, 2.05) is 0 Å². The summed E-state index contributed by atoms with van der Waals surface area (Å²) in [6.45, 7) is 4.90. The summed E-state index contributed by atoms with van der Waals surface area (Å²) in [5.41, 5.74) is 5.64. The molecule has 76 valence electrons. The standard InChI is InChI=1S/C7H14N2O3S/c1-5(2)7(10)9-6(8)4-13(3,11)12/h6H,1,4,8H2,2-3H3,(H,9,10). The van der Waals surface area contributed by atoms with E-state index < -0.39 is 21.9 Å². The summed E-state index contributed by atoms with van der Waals surface area (Å²) in [5.74, 6) is -0.706.